The minimum Gasteiger partial charge on any atom is -0.496 e. The average Bonchev–Trinajstić information content (AvgIpc) is 3.49. The molecule has 0 unspecified atom stereocenters. The summed E-state index contributed by atoms with van der Waals surface area (Å²) in [7, 11) is 1.44. The number of benzene rings is 1. The van der Waals surface area contributed by atoms with Crippen molar-refractivity contribution in [1.29, 1.82) is 0 Å². The molecule has 10 nitrogen and oxygen atoms in total. The number of cyclic esters (lactones) is 1. The van der Waals surface area contributed by atoms with Crippen LogP contribution in [0.15, 0.2) is 54.9 Å². The Balaban J connectivity index is 1.34. The van der Waals surface area contributed by atoms with E-state index in [1.807, 2.05) is 23.6 Å². The van der Waals surface area contributed by atoms with Crippen LogP contribution in [0.1, 0.15) is 47.4 Å². The van der Waals surface area contributed by atoms with Crippen LogP contribution in [0.5, 0.6) is 5.75 Å². The van der Waals surface area contributed by atoms with Crippen molar-refractivity contribution in [1.82, 2.24) is 19.3 Å². The van der Waals surface area contributed by atoms with Gasteiger partial charge in [0.15, 0.2) is 0 Å². The number of nitrogens with two attached hydrogens (primary N) is 1. The van der Waals surface area contributed by atoms with Crippen molar-refractivity contribution < 1.29 is 32.2 Å². The minimum atomic E-state index is -4.57. The third-order valence-electron chi connectivity index (χ3n) is 7.83. The van der Waals surface area contributed by atoms with Gasteiger partial charge in [0.2, 0.25) is 0 Å². The maximum absolute atomic E-state index is 13.1. The topological polar surface area (TPSA) is 124 Å². The molecule has 2 aliphatic rings. The number of alkyl halides is 3. The van der Waals surface area contributed by atoms with Crippen LogP contribution in [-0.2, 0) is 10.9 Å². The number of fused-ring (bicyclic) bond motifs is 2. The van der Waals surface area contributed by atoms with Gasteiger partial charge in [-0.15, -0.1) is 0 Å². The molecule has 0 bridgehead atoms. The number of rotatable bonds is 5. The minimum absolute atomic E-state index is 0.0365. The Labute approximate surface area is 238 Å². The van der Waals surface area contributed by atoms with E-state index in [0.29, 0.717) is 34.8 Å². The third kappa shape index (κ3) is 4.74. The summed E-state index contributed by atoms with van der Waals surface area (Å²) in [6, 6.07) is 9.87. The fourth-order valence-electron chi connectivity index (χ4n) is 5.76. The lowest BCUT2D eigenvalue weighted by atomic mass is 9.91. The highest BCUT2D eigenvalue weighted by Crippen LogP contribution is 2.40. The first-order valence-electron chi connectivity index (χ1n) is 13.3. The summed E-state index contributed by atoms with van der Waals surface area (Å²) in [6.45, 7) is 2.36. The Bertz CT molecular complexity index is 1700. The molecule has 2 saturated heterocycles. The lowest BCUT2D eigenvalue weighted by Gasteiger charge is -2.33. The molecule has 0 radical (unpaired) electrons. The van der Waals surface area contributed by atoms with Gasteiger partial charge in [0, 0.05) is 36.0 Å². The van der Waals surface area contributed by atoms with Crippen molar-refractivity contribution in [2.45, 2.75) is 44.0 Å². The molecular formula is C29H27F3N6O4. The van der Waals surface area contributed by atoms with Gasteiger partial charge >= 0.3 is 12.3 Å². The van der Waals surface area contributed by atoms with Gasteiger partial charge < -0.3 is 29.8 Å². The number of nitrogens with one attached hydrogen (secondary N) is 1. The van der Waals surface area contributed by atoms with Crippen LogP contribution >= 0.6 is 0 Å². The zero-order valence-corrected chi connectivity index (χ0v) is 22.7. The molecule has 6 rings (SSSR count). The van der Waals surface area contributed by atoms with Crippen molar-refractivity contribution in [2.24, 2.45) is 0 Å². The maximum atomic E-state index is 13.1. The molecule has 3 atom stereocenters. The predicted octanol–water partition coefficient (Wildman–Crippen LogP) is 5.34. The standard InChI is InChI=1S/C29H27F3N6O4/c1-15-21-8-6-17(14-38(21)28(40)42-15)26-36-24(25-20(33)4-3-11-37(25)26)19-7-5-16(12-22(19)41-2)27(39)35-23-13-18(9-10-34-23)29(30,31)32/h3-5,7,9-13,15,17,21H,6,8,14,33H2,1-2H3,(H,34,35,39)/t15-,17-,21+/m1/s1. The monoisotopic (exact) mass is 580 g/mol. The number of piperidine rings is 1. The maximum Gasteiger partial charge on any atom is 0.416 e. The van der Waals surface area contributed by atoms with E-state index >= 15 is 0 Å². The van der Waals surface area contributed by atoms with Crippen molar-refractivity contribution in [3.63, 3.8) is 0 Å². The van der Waals surface area contributed by atoms with Gasteiger partial charge in [-0.1, -0.05) is 0 Å². The lowest BCUT2D eigenvalue weighted by Crippen LogP contribution is -2.43. The second-order valence-corrected chi connectivity index (χ2v) is 10.4. The molecule has 2 aliphatic heterocycles. The van der Waals surface area contributed by atoms with Gasteiger partial charge in [0.05, 0.1) is 29.9 Å². The smallest absolute Gasteiger partial charge is 0.416 e. The fourth-order valence-corrected chi connectivity index (χ4v) is 5.76. The van der Waals surface area contributed by atoms with Crippen LogP contribution in [0.25, 0.3) is 16.8 Å². The second kappa shape index (κ2) is 10.2. The normalized spacial score (nSPS) is 20.4. The fraction of sp³-hybridized carbons (Fsp3) is 0.310. The van der Waals surface area contributed by atoms with E-state index in [-0.39, 0.29) is 35.5 Å². The van der Waals surface area contributed by atoms with E-state index in [1.165, 1.54) is 19.2 Å². The van der Waals surface area contributed by atoms with Crippen molar-refractivity contribution in [3.05, 3.63) is 71.8 Å². The van der Waals surface area contributed by atoms with Gasteiger partial charge in [-0.2, -0.15) is 13.2 Å². The summed E-state index contributed by atoms with van der Waals surface area (Å²) in [5, 5.41) is 2.40. The number of hydrogen-bond acceptors (Lipinski definition) is 7. The molecule has 0 spiro atoms. The average molecular weight is 581 g/mol. The summed E-state index contributed by atoms with van der Waals surface area (Å²) in [5.74, 6) is 0.0808. The molecule has 3 N–H and O–H groups in total. The molecule has 2 amide bonds. The van der Waals surface area contributed by atoms with Gasteiger partial charge in [0.25, 0.3) is 5.91 Å². The molecule has 42 heavy (non-hydrogen) atoms. The van der Waals surface area contributed by atoms with Gasteiger partial charge in [-0.3, -0.25) is 4.79 Å². The van der Waals surface area contributed by atoms with E-state index in [9.17, 15) is 22.8 Å². The number of methoxy groups -OCH3 is 1. The first-order valence-corrected chi connectivity index (χ1v) is 13.3. The second-order valence-electron chi connectivity index (χ2n) is 10.4. The number of carbonyl (C=O) groups excluding carboxylic acids is 2. The SMILES string of the molecule is COc1cc(C(=O)Nc2cc(C(F)(F)F)ccn2)ccc1-c1nc([C@@H]2CC[C@H]3[C@@H](C)OC(=O)N3C2)n2cccc(N)c12. The number of carbonyl (C=O) groups is 2. The Hall–Kier alpha value is -4.81. The number of anilines is 2. The molecule has 0 aliphatic carbocycles. The molecule has 4 aromatic rings. The third-order valence-corrected chi connectivity index (χ3v) is 7.83. The van der Waals surface area contributed by atoms with E-state index in [2.05, 4.69) is 10.3 Å². The molecular weight excluding hydrogens is 553 g/mol. The van der Waals surface area contributed by atoms with Crippen LogP contribution < -0.4 is 15.8 Å². The molecule has 5 heterocycles. The molecule has 3 aromatic heterocycles. The zero-order valence-electron chi connectivity index (χ0n) is 22.7. The van der Waals surface area contributed by atoms with Gasteiger partial charge in [0.1, 0.15) is 29.2 Å². The highest BCUT2D eigenvalue weighted by atomic mass is 19.4. The zero-order chi connectivity index (χ0) is 29.8. The Morgan fingerprint density at radius 3 is 2.76 bits per heavy atom. The van der Waals surface area contributed by atoms with Crippen LogP contribution in [0, 0.1) is 0 Å². The Morgan fingerprint density at radius 2 is 2.00 bits per heavy atom. The molecule has 0 saturated carbocycles. The van der Waals surface area contributed by atoms with Crippen LogP contribution in [0.3, 0.4) is 0 Å². The van der Waals surface area contributed by atoms with E-state index < -0.39 is 17.6 Å². The van der Waals surface area contributed by atoms with Crippen LogP contribution in [-0.4, -0.2) is 57.1 Å². The Morgan fingerprint density at radius 1 is 1.19 bits per heavy atom. The van der Waals surface area contributed by atoms with Gasteiger partial charge in [-0.05, 0) is 62.2 Å². The van der Waals surface area contributed by atoms with Crippen LogP contribution in [0.2, 0.25) is 0 Å². The highest BCUT2D eigenvalue weighted by molar-refractivity contribution is 6.05. The number of hydrogen-bond donors (Lipinski definition) is 2. The van der Waals surface area contributed by atoms with Crippen molar-refractivity contribution in [3.8, 4) is 17.0 Å². The summed E-state index contributed by atoms with van der Waals surface area (Å²) in [6.07, 6.45) is -0.636. The highest BCUT2D eigenvalue weighted by Gasteiger charge is 2.44. The Kier molecular flexibility index (Phi) is 6.66. The number of halogens is 3. The molecule has 13 heteroatoms. The number of nitrogens with zero attached hydrogens (tertiary/aromatic N) is 4. The molecule has 218 valence electrons. The lowest BCUT2D eigenvalue weighted by molar-refractivity contribution is -0.137. The summed E-state index contributed by atoms with van der Waals surface area (Å²) < 4.78 is 52.2. The van der Waals surface area contributed by atoms with Crippen molar-refractivity contribution in [2.75, 3.05) is 24.7 Å². The number of pyridine rings is 2. The van der Waals surface area contributed by atoms with Crippen molar-refractivity contribution >= 4 is 29.0 Å². The number of imidazole rings is 1. The largest absolute Gasteiger partial charge is 0.496 e. The van der Waals surface area contributed by atoms with Gasteiger partial charge in [-0.25, -0.2) is 14.8 Å². The predicted molar refractivity (Wildman–Crippen MR) is 147 cm³/mol. The van der Waals surface area contributed by atoms with E-state index in [1.54, 1.807) is 17.0 Å². The summed E-state index contributed by atoms with van der Waals surface area (Å²) in [5.41, 5.74) is 7.87. The number of nitrogen functional groups attached to an aromatic ring is 1. The quantitative estimate of drug-likeness (QED) is 0.326. The number of amides is 2. The number of aromatic nitrogens is 3. The molecule has 1 aromatic carbocycles. The van der Waals surface area contributed by atoms with E-state index in [4.69, 9.17) is 20.2 Å². The first kappa shape index (κ1) is 27.4. The molecule has 2 fully saturated rings. The summed E-state index contributed by atoms with van der Waals surface area (Å²) in [4.78, 5) is 36.0. The first-order chi connectivity index (χ1) is 20.0. The number of ether oxygens (including phenoxy) is 2. The van der Waals surface area contributed by atoms with E-state index in [0.717, 1.165) is 37.0 Å². The van der Waals surface area contributed by atoms with Crippen LogP contribution in [0.4, 0.5) is 29.5 Å². The summed E-state index contributed by atoms with van der Waals surface area (Å²) >= 11 is 0.